The molecular weight excluding hydrogens is 264 g/mol. The summed E-state index contributed by atoms with van der Waals surface area (Å²) in [7, 11) is 1.47. The van der Waals surface area contributed by atoms with E-state index in [2.05, 4.69) is 17.0 Å². The molecule has 0 spiro atoms. The first-order valence-electron chi connectivity index (χ1n) is 7.50. The zero-order valence-electron chi connectivity index (χ0n) is 13.5. The number of methoxy groups -OCH3 is 1. The number of nitrogens with two attached hydrogens (primary N) is 1. The third kappa shape index (κ3) is 3.38. The molecule has 1 unspecified atom stereocenters. The van der Waals surface area contributed by atoms with Crippen LogP contribution in [0.25, 0.3) is 0 Å². The molecule has 0 aliphatic carbocycles. The highest BCUT2D eigenvalue weighted by atomic mass is 16.5. The Morgan fingerprint density at radius 2 is 2.19 bits per heavy atom. The molecular formula is C17H26N2O2. The van der Waals surface area contributed by atoms with Gasteiger partial charge in [0.25, 0.3) is 0 Å². The molecule has 2 rings (SSSR count). The topological polar surface area (TPSA) is 55.6 Å². The van der Waals surface area contributed by atoms with Crippen LogP contribution in [0.3, 0.4) is 0 Å². The summed E-state index contributed by atoms with van der Waals surface area (Å²) in [6.45, 7) is 8.88. The zero-order chi connectivity index (χ0) is 15.6. The van der Waals surface area contributed by atoms with Gasteiger partial charge in [-0.25, -0.2) is 0 Å². The molecule has 1 atom stereocenters. The predicted octanol–water partition coefficient (Wildman–Crippen LogP) is 2.60. The number of benzene rings is 1. The van der Waals surface area contributed by atoms with Crippen molar-refractivity contribution in [2.75, 3.05) is 25.9 Å². The number of aryl methyl sites for hydroxylation is 1. The first-order valence-corrected chi connectivity index (χ1v) is 7.50. The molecule has 1 fully saturated rings. The van der Waals surface area contributed by atoms with Gasteiger partial charge in [0.1, 0.15) is 0 Å². The number of hydrogen-bond donors (Lipinski definition) is 1. The number of nitrogen functional groups attached to an aromatic ring is 1. The van der Waals surface area contributed by atoms with Gasteiger partial charge in [0.15, 0.2) is 0 Å². The third-order valence-electron chi connectivity index (χ3n) is 4.74. The molecule has 0 radical (unpaired) electrons. The third-order valence-corrected chi connectivity index (χ3v) is 4.74. The number of anilines is 1. The molecule has 4 nitrogen and oxygen atoms in total. The van der Waals surface area contributed by atoms with E-state index < -0.39 is 5.41 Å². The minimum Gasteiger partial charge on any atom is -0.469 e. The molecule has 0 aromatic heterocycles. The van der Waals surface area contributed by atoms with Crippen LogP contribution in [-0.4, -0.2) is 31.1 Å². The Morgan fingerprint density at radius 3 is 2.81 bits per heavy atom. The SMILES string of the molecule is COC(=O)C(C)(C)C1CCN(Cc2ccc(N)c(C)c2)C1. The van der Waals surface area contributed by atoms with E-state index in [4.69, 9.17) is 10.5 Å². The molecule has 21 heavy (non-hydrogen) atoms. The first-order chi connectivity index (χ1) is 9.84. The van der Waals surface area contributed by atoms with Gasteiger partial charge in [-0.3, -0.25) is 9.69 Å². The highest BCUT2D eigenvalue weighted by molar-refractivity contribution is 5.76. The standard InChI is InChI=1S/C17H26N2O2/c1-12-9-13(5-6-15(12)18)10-19-8-7-14(11-19)17(2,3)16(20)21-4/h5-6,9,14H,7-8,10-11,18H2,1-4H3. The normalized spacial score (nSPS) is 19.7. The highest BCUT2D eigenvalue weighted by Crippen LogP contribution is 2.35. The molecule has 1 aliphatic heterocycles. The fraction of sp³-hybridized carbons (Fsp3) is 0.588. The van der Waals surface area contributed by atoms with Crippen LogP contribution < -0.4 is 5.73 Å². The van der Waals surface area contributed by atoms with Gasteiger partial charge >= 0.3 is 5.97 Å². The van der Waals surface area contributed by atoms with Crippen LogP contribution >= 0.6 is 0 Å². The van der Waals surface area contributed by atoms with E-state index >= 15 is 0 Å². The maximum Gasteiger partial charge on any atom is 0.311 e. The Bertz CT molecular complexity index is 526. The molecule has 116 valence electrons. The lowest BCUT2D eigenvalue weighted by molar-refractivity contribution is -0.153. The summed E-state index contributed by atoms with van der Waals surface area (Å²) in [6.07, 6.45) is 1.04. The summed E-state index contributed by atoms with van der Waals surface area (Å²) < 4.78 is 4.94. The van der Waals surface area contributed by atoms with Gasteiger partial charge in [-0.05, 0) is 56.8 Å². The lowest BCUT2D eigenvalue weighted by Crippen LogP contribution is -2.35. The molecule has 0 amide bonds. The van der Waals surface area contributed by atoms with Crippen LogP contribution in [0.15, 0.2) is 18.2 Å². The van der Waals surface area contributed by atoms with Crippen LogP contribution in [0.2, 0.25) is 0 Å². The van der Waals surface area contributed by atoms with E-state index in [-0.39, 0.29) is 5.97 Å². The minimum absolute atomic E-state index is 0.113. The summed E-state index contributed by atoms with van der Waals surface area (Å²) in [5.41, 5.74) is 8.68. The Kier molecular flexibility index (Phi) is 4.57. The highest BCUT2D eigenvalue weighted by Gasteiger charge is 2.41. The van der Waals surface area contributed by atoms with Gasteiger partial charge in [0.05, 0.1) is 12.5 Å². The molecule has 0 bridgehead atoms. The largest absolute Gasteiger partial charge is 0.469 e. The van der Waals surface area contributed by atoms with E-state index in [0.29, 0.717) is 5.92 Å². The van der Waals surface area contributed by atoms with Crippen molar-refractivity contribution in [3.63, 3.8) is 0 Å². The van der Waals surface area contributed by atoms with Crippen molar-refractivity contribution >= 4 is 11.7 Å². The van der Waals surface area contributed by atoms with Gasteiger partial charge in [-0.2, -0.15) is 0 Å². The lowest BCUT2D eigenvalue weighted by Gasteiger charge is -2.28. The van der Waals surface area contributed by atoms with Crippen LogP contribution in [-0.2, 0) is 16.1 Å². The number of hydrogen-bond acceptors (Lipinski definition) is 4. The van der Waals surface area contributed by atoms with Crippen LogP contribution in [0.1, 0.15) is 31.4 Å². The van der Waals surface area contributed by atoms with Gasteiger partial charge in [0, 0.05) is 18.8 Å². The van der Waals surface area contributed by atoms with E-state index in [1.165, 1.54) is 12.7 Å². The van der Waals surface area contributed by atoms with Crippen molar-refractivity contribution in [1.82, 2.24) is 4.90 Å². The summed E-state index contributed by atoms with van der Waals surface area (Å²) in [6, 6.07) is 6.20. The lowest BCUT2D eigenvalue weighted by atomic mass is 9.78. The van der Waals surface area contributed by atoms with Gasteiger partial charge in [-0.15, -0.1) is 0 Å². The Balaban J connectivity index is 1.99. The summed E-state index contributed by atoms with van der Waals surface area (Å²) in [4.78, 5) is 14.3. The zero-order valence-corrected chi connectivity index (χ0v) is 13.5. The van der Waals surface area contributed by atoms with Gasteiger partial charge in [0.2, 0.25) is 0 Å². The minimum atomic E-state index is -0.416. The Morgan fingerprint density at radius 1 is 1.48 bits per heavy atom. The predicted molar refractivity (Wildman–Crippen MR) is 84.8 cm³/mol. The number of likely N-dealkylation sites (tertiary alicyclic amines) is 1. The van der Waals surface area contributed by atoms with Crippen molar-refractivity contribution in [3.05, 3.63) is 29.3 Å². The number of esters is 1. The molecule has 1 heterocycles. The number of rotatable bonds is 4. The molecule has 1 saturated heterocycles. The summed E-state index contributed by atoms with van der Waals surface area (Å²) >= 11 is 0. The number of carbonyl (C=O) groups excluding carboxylic acids is 1. The fourth-order valence-corrected chi connectivity index (χ4v) is 3.09. The molecule has 2 N–H and O–H groups in total. The van der Waals surface area contributed by atoms with Crippen molar-refractivity contribution < 1.29 is 9.53 Å². The van der Waals surface area contributed by atoms with Crippen molar-refractivity contribution in [3.8, 4) is 0 Å². The maximum absolute atomic E-state index is 11.9. The molecule has 1 aliphatic rings. The molecule has 0 saturated carbocycles. The van der Waals surface area contributed by atoms with Gasteiger partial charge in [-0.1, -0.05) is 12.1 Å². The second kappa shape index (κ2) is 6.06. The molecule has 1 aromatic carbocycles. The summed E-state index contributed by atoms with van der Waals surface area (Å²) in [5, 5.41) is 0. The molecule has 4 heteroatoms. The number of nitrogens with zero attached hydrogens (tertiary/aromatic N) is 1. The second-order valence-electron chi connectivity index (χ2n) is 6.62. The van der Waals surface area contributed by atoms with Crippen molar-refractivity contribution in [2.24, 2.45) is 11.3 Å². The van der Waals surface area contributed by atoms with E-state index in [1.807, 2.05) is 26.8 Å². The van der Waals surface area contributed by atoms with E-state index in [9.17, 15) is 4.79 Å². The number of ether oxygens (including phenoxy) is 1. The van der Waals surface area contributed by atoms with Crippen molar-refractivity contribution in [1.29, 1.82) is 0 Å². The van der Waals surface area contributed by atoms with Crippen LogP contribution in [0.5, 0.6) is 0 Å². The van der Waals surface area contributed by atoms with E-state index in [1.54, 1.807) is 0 Å². The first kappa shape index (κ1) is 15.8. The Labute approximate surface area is 127 Å². The monoisotopic (exact) mass is 290 g/mol. The second-order valence-corrected chi connectivity index (χ2v) is 6.62. The maximum atomic E-state index is 11.9. The van der Waals surface area contributed by atoms with Crippen LogP contribution in [0.4, 0.5) is 5.69 Å². The number of carbonyl (C=O) groups is 1. The van der Waals surface area contributed by atoms with Crippen LogP contribution in [0, 0.1) is 18.3 Å². The smallest absolute Gasteiger partial charge is 0.311 e. The average Bonchev–Trinajstić information content (AvgIpc) is 2.91. The average molecular weight is 290 g/mol. The summed E-state index contributed by atoms with van der Waals surface area (Å²) in [5.74, 6) is 0.234. The van der Waals surface area contributed by atoms with Gasteiger partial charge < -0.3 is 10.5 Å². The quantitative estimate of drug-likeness (QED) is 0.684. The van der Waals surface area contributed by atoms with E-state index in [0.717, 1.165) is 37.3 Å². The Hall–Kier alpha value is -1.55. The molecule has 1 aromatic rings. The fourth-order valence-electron chi connectivity index (χ4n) is 3.09. The van der Waals surface area contributed by atoms with Crippen molar-refractivity contribution in [2.45, 2.75) is 33.7 Å².